The Morgan fingerprint density at radius 3 is 2.81 bits per heavy atom. The Kier molecular flexibility index (Phi) is 3.81. The van der Waals surface area contributed by atoms with Crippen LogP contribution in [0.2, 0.25) is 0 Å². The fraction of sp³-hybridized carbons (Fsp3) is 0.312. The van der Waals surface area contributed by atoms with Crippen molar-refractivity contribution in [2.45, 2.75) is 26.8 Å². The zero-order chi connectivity index (χ0) is 14.7. The van der Waals surface area contributed by atoms with Gasteiger partial charge < -0.3 is 5.32 Å². The lowest BCUT2D eigenvalue weighted by atomic mass is 10.2. The van der Waals surface area contributed by atoms with Crippen molar-refractivity contribution in [2.75, 3.05) is 11.9 Å². The topological polar surface area (TPSA) is 55.6 Å². The van der Waals surface area contributed by atoms with Gasteiger partial charge in [0.25, 0.3) is 0 Å². The van der Waals surface area contributed by atoms with Crippen LogP contribution in [0.15, 0.2) is 36.7 Å². The number of aromatic nitrogens is 4. The first-order valence-electron chi connectivity index (χ1n) is 7.19. The third kappa shape index (κ3) is 3.02. The van der Waals surface area contributed by atoms with Gasteiger partial charge in [0.05, 0.1) is 11.2 Å². The van der Waals surface area contributed by atoms with E-state index >= 15 is 0 Å². The van der Waals surface area contributed by atoms with Crippen LogP contribution in [0, 0.1) is 13.8 Å². The predicted molar refractivity (Wildman–Crippen MR) is 84.3 cm³/mol. The summed E-state index contributed by atoms with van der Waals surface area (Å²) in [4.78, 5) is 8.60. The summed E-state index contributed by atoms with van der Waals surface area (Å²) in [6, 6.07) is 10.1. The van der Waals surface area contributed by atoms with Crippen molar-refractivity contribution in [3.05, 3.63) is 48.0 Å². The molecule has 0 aliphatic rings. The van der Waals surface area contributed by atoms with E-state index in [0.717, 1.165) is 41.9 Å². The molecule has 0 radical (unpaired) electrons. The van der Waals surface area contributed by atoms with Crippen molar-refractivity contribution in [1.29, 1.82) is 0 Å². The second-order valence-corrected chi connectivity index (χ2v) is 5.17. The molecule has 0 saturated carbocycles. The minimum atomic E-state index is 0.860. The number of nitrogens with one attached hydrogen (secondary N) is 1. The van der Waals surface area contributed by atoms with Crippen LogP contribution in [0.1, 0.15) is 17.8 Å². The fourth-order valence-corrected chi connectivity index (χ4v) is 2.48. The highest BCUT2D eigenvalue weighted by atomic mass is 15.3. The second kappa shape index (κ2) is 5.91. The summed E-state index contributed by atoms with van der Waals surface area (Å²) in [6.45, 7) is 5.88. The van der Waals surface area contributed by atoms with Crippen LogP contribution in [0.3, 0.4) is 0 Å². The first kappa shape index (κ1) is 13.5. The lowest BCUT2D eigenvalue weighted by Gasteiger charge is -2.08. The van der Waals surface area contributed by atoms with Crippen LogP contribution in [0.4, 0.5) is 5.82 Å². The van der Waals surface area contributed by atoms with Crippen molar-refractivity contribution >= 4 is 16.7 Å². The van der Waals surface area contributed by atoms with Crippen molar-refractivity contribution in [2.24, 2.45) is 0 Å². The summed E-state index contributed by atoms with van der Waals surface area (Å²) >= 11 is 0. The normalized spacial score (nSPS) is 11.0. The van der Waals surface area contributed by atoms with E-state index in [1.54, 1.807) is 6.33 Å². The van der Waals surface area contributed by atoms with Gasteiger partial charge in [-0.3, -0.25) is 4.68 Å². The van der Waals surface area contributed by atoms with E-state index in [1.807, 2.05) is 31.2 Å². The highest BCUT2D eigenvalue weighted by molar-refractivity contribution is 5.88. The third-order valence-corrected chi connectivity index (χ3v) is 3.49. The van der Waals surface area contributed by atoms with Gasteiger partial charge in [0.15, 0.2) is 0 Å². The van der Waals surface area contributed by atoms with Gasteiger partial charge in [-0.1, -0.05) is 12.1 Å². The number of nitrogens with zero attached hydrogens (tertiary/aromatic N) is 4. The fourth-order valence-electron chi connectivity index (χ4n) is 2.48. The molecule has 108 valence electrons. The van der Waals surface area contributed by atoms with Crippen molar-refractivity contribution < 1.29 is 0 Å². The smallest absolute Gasteiger partial charge is 0.137 e. The molecule has 0 aliphatic carbocycles. The molecule has 0 spiro atoms. The Morgan fingerprint density at radius 2 is 2.00 bits per heavy atom. The van der Waals surface area contributed by atoms with Gasteiger partial charge in [0.1, 0.15) is 12.1 Å². The van der Waals surface area contributed by atoms with Crippen LogP contribution in [-0.2, 0) is 6.54 Å². The lowest BCUT2D eigenvalue weighted by molar-refractivity contribution is 0.573. The molecule has 1 aromatic carbocycles. The Morgan fingerprint density at radius 1 is 1.14 bits per heavy atom. The minimum Gasteiger partial charge on any atom is -0.369 e. The molecule has 3 aromatic rings. The zero-order valence-electron chi connectivity index (χ0n) is 12.4. The number of aryl methyl sites for hydroxylation is 3. The summed E-state index contributed by atoms with van der Waals surface area (Å²) in [5, 5.41) is 8.92. The number of fused-ring (bicyclic) bond motifs is 1. The molecule has 2 aromatic heterocycles. The van der Waals surface area contributed by atoms with Crippen molar-refractivity contribution in [3.8, 4) is 0 Å². The van der Waals surface area contributed by atoms with Gasteiger partial charge in [-0.25, -0.2) is 9.97 Å². The Bertz CT molecular complexity index is 742. The number of anilines is 1. The molecule has 0 amide bonds. The summed E-state index contributed by atoms with van der Waals surface area (Å²) in [6.07, 6.45) is 2.60. The monoisotopic (exact) mass is 281 g/mol. The first-order valence-corrected chi connectivity index (χ1v) is 7.19. The van der Waals surface area contributed by atoms with Crippen molar-refractivity contribution in [3.63, 3.8) is 0 Å². The quantitative estimate of drug-likeness (QED) is 0.731. The molecule has 0 atom stereocenters. The highest BCUT2D eigenvalue weighted by Gasteiger charge is 2.03. The average molecular weight is 281 g/mol. The zero-order valence-corrected chi connectivity index (χ0v) is 12.4. The second-order valence-electron chi connectivity index (χ2n) is 5.17. The van der Waals surface area contributed by atoms with Gasteiger partial charge in [-0.2, -0.15) is 5.10 Å². The Labute approximate surface area is 124 Å². The van der Waals surface area contributed by atoms with Gasteiger partial charge in [-0.05, 0) is 38.5 Å². The molecule has 5 heteroatoms. The molecule has 0 aliphatic heterocycles. The van der Waals surface area contributed by atoms with E-state index in [2.05, 4.69) is 38.1 Å². The van der Waals surface area contributed by atoms with E-state index in [-0.39, 0.29) is 0 Å². The molecule has 5 nitrogen and oxygen atoms in total. The van der Waals surface area contributed by atoms with E-state index in [9.17, 15) is 0 Å². The lowest BCUT2D eigenvalue weighted by Crippen LogP contribution is -2.10. The summed E-state index contributed by atoms with van der Waals surface area (Å²) in [5.74, 6) is 0.897. The molecule has 3 rings (SSSR count). The van der Waals surface area contributed by atoms with Gasteiger partial charge in [0, 0.05) is 24.2 Å². The molecule has 0 saturated heterocycles. The van der Waals surface area contributed by atoms with Gasteiger partial charge in [0.2, 0.25) is 0 Å². The van der Waals surface area contributed by atoms with Crippen LogP contribution >= 0.6 is 0 Å². The van der Waals surface area contributed by atoms with E-state index < -0.39 is 0 Å². The molecule has 0 unspecified atom stereocenters. The first-order chi connectivity index (χ1) is 10.2. The minimum absolute atomic E-state index is 0.860. The third-order valence-electron chi connectivity index (χ3n) is 3.49. The maximum absolute atomic E-state index is 4.47. The van der Waals surface area contributed by atoms with Crippen LogP contribution < -0.4 is 5.32 Å². The summed E-state index contributed by atoms with van der Waals surface area (Å²) in [7, 11) is 0. The molecule has 2 heterocycles. The number of rotatable bonds is 5. The van der Waals surface area contributed by atoms with Crippen LogP contribution in [0.5, 0.6) is 0 Å². The SMILES string of the molecule is Cc1cc(C)n(CCCNc2ncnc3ccccc23)n1. The Balaban J connectivity index is 1.61. The number of hydrogen-bond donors (Lipinski definition) is 1. The predicted octanol–water partition coefficient (Wildman–Crippen LogP) is 2.95. The molecule has 1 N–H and O–H groups in total. The van der Waals surface area contributed by atoms with Crippen molar-refractivity contribution in [1.82, 2.24) is 19.7 Å². The number of hydrogen-bond acceptors (Lipinski definition) is 4. The van der Waals surface area contributed by atoms with Crippen LogP contribution in [0.25, 0.3) is 10.9 Å². The summed E-state index contributed by atoms with van der Waals surface area (Å²) < 4.78 is 2.05. The standard InChI is InChI=1S/C16H19N5/c1-12-10-13(2)21(20-12)9-5-8-17-16-14-6-3-4-7-15(14)18-11-19-16/h3-4,6-7,10-11H,5,8-9H2,1-2H3,(H,17,18,19). The Hall–Kier alpha value is -2.43. The number of benzene rings is 1. The van der Waals surface area contributed by atoms with Gasteiger partial charge >= 0.3 is 0 Å². The average Bonchev–Trinajstić information content (AvgIpc) is 2.82. The summed E-state index contributed by atoms with van der Waals surface area (Å²) in [5.41, 5.74) is 3.25. The van der Waals surface area contributed by atoms with E-state index in [4.69, 9.17) is 0 Å². The molecule has 21 heavy (non-hydrogen) atoms. The van der Waals surface area contributed by atoms with E-state index in [0.29, 0.717) is 0 Å². The largest absolute Gasteiger partial charge is 0.369 e. The maximum atomic E-state index is 4.47. The van der Waals surface area contributed by atoms with Crippen LogP contribution in [-0.4, -0.2) is 26.3 Å². The highest BCUT2D eigenvalue weighted by Crippen LogP contribution is 2.18. The molecule has 0 fully saturated rings. The maximum Gasteiger partial charge on any atom is 0.137 e. The molecular formula is C16H19N5. The molecular weight excluding hydrogens is 262 g/mol. The van der Waals surface area contributed by atoms with E-state index in [1.165, 1.54) is 5.69 Å². The number of para-hydroxylation sites is 1. The van der Waals surface area contributed by atoms with Gasteiger partial charge in [-0.15, -0.1) is 0 Å². The molecule has 0 bridgehead atoms.